The molecule has 0 unspecified atom stereocenters. The number of anilines is 1. The van der Waals surface area contributed by atoms with Gasteiger partial charge in [-0.3, -0.25) is 14.6 Å². The highest BCUT2D eigenvalue weighted by molar-refractivity contribution is 7.10. The van der Waals surface area contributed by atoms with E-state index in [0.717, 1.165) is 53.3 Å². The van der Waals surface area contributed by atoms with Crippen molar-refractivity contribution in [2.24, 2.45) is 0 Å². The number of nitrogens with one attached hydrogen (secondary N) is 1. The summed E-state index contributed by atoms with van der Waals surface area (Å²) in [7, 11) is 0. The molecule has 7 heteroatoms. The number of hydrogen-bond acceptors (Lipinski definition) is 5. The standard InChI is InChI=1S/C29H28N4O2S/c34-27(13-12-21-7-6-16-30-19-21)33-17-14-23(15-18-33)29-32-26(20-36-29)28(35)31-25-11-5-4-10-24(25)22-8-2-1-3-9-22/h1-11,16,19-20,23H,12-15,17-18H2,(H,31,35). The number of nitrogens with zero attached hydrogens (tertiary/aromatic N) is 3. The number of likely N-dealkylation sites (tertiary alicyclic amines) is 1. The summed E-state index contributed by atoms with van der Waals surface area (Å²) in [5.74, 6) is 0.257. The number of aromatic nitrogens is 2. The molecule has 6 nitrogen and oxygen atoms in total. The van der Waals surface area contributed by atoms with E-state index in [2.05, 4.69) is 15.3 Å². The van der Waals surface area contributed by atoms with Crippen LogP contribution in [0.1, 0.15) is 46.2 Å². The normalized spacial score (nSPS) is 13.9. The van der Waals surface area contributed by atoms with Crippen LogP contribution in [0.15, 0.2) is 84.5 Å². The topological polar surface area (TPSA) is 75.2 Å². The third-order valence-corrected chi connectivity index (χ3v) is 7.57. The lowest BCUT2D eigenvalue weighted by molar-refractivity contribution is -0.132. The average Bonchev–Trinajstić information content (AvgIpc) is 3.44. The number of pyridine rings is 1. The summed E-state index contributed by atoms with van der Waals surface area (Å²) in [6, 6.07) is 21.7. The molecular formula is C29H28N4O2S. The fourth-order valence-electron chi connectivity index (χ4n) is 4.56. The Bertz CT molecular complexity index is 1320. The van der Waals surface area contributed by atoms with Crippen molar-refractivity contribution in [3.05, 3.63) is 101 Å². The van der Waals surface area contributed by atoms with E-state index in [1.165, 1.54) is 11.3 Å². The molecule has 1 aliphatic heterocycles. The number of rotatable bonds is 7. The Kier molecular flexibility index (Phi) is 7.47. The molecule has 0 saturated carbocycles. The van der Waals surface area contributed by atoms with Crippen molar-refractivity contribution in [3.8, 4) is 11.1 Å². The first-order valence-corrected chi connectivity index (χ1v) is 13.1. The molecule has 1 aliphatic rings. The predicted molar refractivity (Wildman–Crippen MR) is 143 cm³/mol. The number of aryl methyl sites for hydroxylation is 1. The highest BCUT2D eigenvalue weighted by atomic mass is 32.1. The van der Waals surface area contributed by atoms with Crippen LogP contribution in [0, 0.1) is 0 Å². The molecule has 0 radical (unpaired) electrons. The van der Waals surface area contributed by atoms with E-state index in [0.29, 0.717) is 18.5 Å². The van der Waals surface area contributed by atoms with Crippen molar-refractivity contribution in [2.45, 2.75) is 31.6 Å². The molecule has 5 rings (SSSR count). The van der Waals surface area contributed by atoms with Gasteiger partial charge in [-0.05, 0) is 42.5 Å². The zero-order valence-corrected chi connectivity index (χ0v) is 20.8. The summed E-state index contributed by atoms with van der Waals surface area (Å²) in [5, 5.41) is 5.84. The SMILES string of the molecule is O=C(Nc1ccccc1-c1ccccc1)c1csc(C2CCN(C(=O)CCc3cccnc3)CC2)n1. The molecule has 0 spiro atoms. The van der Waals surface area contributed by atoms with E-state index in [4.69, 9.17) is 0 Å². The van der Waals surface area contributed by atoms with E-state index in [-0.39, 0.29) is 17.7 Å². The van der Waals surface area contributed by atoms with Gasteiger partial charge in [0.1, 0.15) is 5.69 Å². The van der Waals surface area contributed by atoms with Crippen molar-refractivity contribution in [1.82, 2.24) is 14.9 Å². The molecule has 4 aromatic rings. The van der Waals surface area contributed by atoms with Crippen LogP contribution in [-0.2, 0) is 11.2 Å². The van der Waals surface area contributed by atoms with Gasteiger partial charge in [0.25, 0.3) is 5.91 Å². The van der Waals surface area contributed by atoms with Crippen LogP contribution < -0.4 is 5.32 Å². The molecule has 0 bridgehead atoms. The summed E-state index contributed by atoms with van der Waals surface area (Å²) in [6.07, 6.45) is 6.50. The van der Waals surface area contributed by atoms with Crippen molar-refractivity contribution in [2.75, 3.05) is 18.4 Å². The first-order chi connectivity index (χ1) is 17.7. The number of thiazole rings is 1. The van der Waals surface area contributed by atoms with Gasteiger partial charge in [0.15, 0.2) is 0 Å². The van der Waals surface area contributed by atoms with Gasteiger partial charge in [-0.25, -0.2) is 4.98 Å². The Morgan fingerprint density at radius 1 is 0.972 bits per heavy atom. The average molecular weight is 497 g/mol. The van der Waals surface area contributed by atoms with E-state index in [9.17, 15) is 9.59 Å². The lowest BCUT2D eigenvalue weighted by atomic mass is 9.97. The molecule has 2 aromatic heterocycles. The Labute approximate surface area is 215 Å². The number of carbonyl (C=O) groups excluding carboxylic acids is 2. The highest BCUT2D eigenvalue weighted by Crippen LogP contribution is 2.32. The number of amides is 2. The first kappa shape index (κ1) is 23.9. The molecule has 0 aliphatic carbocycles. The van der Waals surface area contributed by atoms with Crippen LogP contribution in [0.2, 0.25) is 0 Å². The Balaban J connectivity index is 1.16. The second-order valence-corrected chi connectivity index (χ2v) is 9.84. The van der Waals surface area contributed by atoms with Crippen LogP contribution in [0.4, 0.5) is 5.69 Å². The largest absolute Gasteiger partial charge is 0.343 e. The van der Waals surface area contributed by atoms with Crippen molar-refractivity contribution < 1.29 is 9.59 Å². The quantitative estimate of drug-likeness (QED) is 0.351. The van der Waals surface area contributed by atoms with Gasteiger partial charge < -0.3 is 10.2 Å². The van der Waals surface area contributed by atoms with Gasteiger partial charge in [0.2, 0.25) is 5.91 Å². The molecule has 1 N–H and O–H groups in total. The molecule has 36 heavy (non-hydrogen) atoms. The Hall–Kier alpha value is -3.84. The zero-order valence-electron chi connectivity index (χ0n) is 20.0. The highest BCUT2D eigenvalue weighted by Gasteiger charge is 2.26. The summed E-state index contributed by atoms with van der Waals surface area (Å²) >= 11 is 1.53. The third-order valence-electron chi connectivity index (χ3n) is 6.56. The second kappa shape index (κ2) is 11.3. The Morgan fingerprint density at radius 3 is 2.53 bits per heavy atom. The van der Waals surface area contributed by atoms with E-state index >= 15 is 0 Å². The fraction of sp³-hybridized carbons (Fsp3) is 0.241. The van der Waals surface area contributed by atoms with E-state index in [1.807, 2.05) is 83.2 Å². The van der Waals surface area contributed by atoms with Crippen LogP contribution in [-0.4, -0.2) is 39.8 Å². The second-order valence-electron chi connectivity index (χ2n) is 8.95. The van der Waals surface area contributed by atoms with Gasteiger partial charge in [0, 0.05) is 54.5 Å². The van der Waals surface area contributed by atoms with Gasteiger partial charge in [-0.1, -0.05) is 54.6 Å². The monoisotopic (exact) mass is 496 g/mol. The molecule has 3 heterocycles. The molecule has 1 saturated heterocycles. The van der Waals surface area contributed by atoms with Gasteiger partial charge in [-0.2, -0.15) is 0 Å². The third kappa shape index (κ3) is 5.69. The van der Waals surface area contributed by atoms with Gasteiger partial charge in [0.05, 0.1) is 5.01 Å². The van der Waals surface area contributed by atoms with Gasteiger partial charge in [-0.15, -0.1) is 11.3 Å². The lowest BCUT2D eigenvalue weighted by Crippen LogP contribution is -2.38. The molecule has 1 fully saturated rings. The maximum atomic E-state index is 13.0. The summed E-state index contributed by atoms with van der Waals surface area (Å²) < 4.78 is 0. The maximum Gasteiger partial charge on any atom is 0.275 e. The fourth-order valence-corrected chi connectivity index (χ4v) is 5.53. The van der Waals surface area contributed by atoms with Crippen molar-refractivity contribution in [1.29, 1.82) is 0 Å². The number of carbonyl (C=O) groups is 2. The van der Waals surface area contributed by atoms with Crippen LogP contribution in [0.25, 0.3) is 11.1 Å². The van der Waals surface area contributed by atoms with E-state index < -0.39 is 0 Å². The molecule has 0 atom stereocenters. The number of hydrogen-bond donors (Lipinski definition) is 1. The van der Waals surface area contributed by atoms with Crippen molar-refractivity contribution >= 4 is 28.8 Å². The first-order valence-electron chi connectivity index (χ1n) is 12.3. The summed E-state index contributed by atoms with van der Waals surface area (Å²) in [4.78, 5) is 36.4. The minimum atomic E-state index is -0.205. The number of benzene rings is 2. The van der Waals surface area contributed by atoms with E-state index in [1.54, 1.807) is 6.20 Å². The lowest BCUT2D eigenvalue weighted by Gasteiger charge is -2.31. The van der Waals surface area contributed by atoms with Crippen LogP contribution >= 0.6 is 11.3 Å². The van der Waals surface area contributed by atoms with Crippen LogP contribution in [0.5, 0.6) is 0 Å². The molecule has 2 aromatic carbocycles. The molecule has 2 amide bonds. The minimum absolute atomic E-state index is 0.189. The summed E-state index contributed by atoms with van der Waals surface area (Å²) in [5.41, 5.74) is 4.31. The van der Waals surface area contributed by atoms with Crippen LogP contribution in [0.3, 0.4) is 0 Å². The maximum absolute atomic E-state index is 13.0. The van der Waals surface area contributed by atoms with Gasteiger partial charge >= 0.3 is 0 Å². The summed E-state index contributed by atoms with van der Waals surface area (Å²) in [6.45, 7) is 1.45. The molecule has 182 valence electrons. The number of para-hydroxylation sites is 1. The minimum Gasteiger partial charge on any atom is -0.343 e. The smallest absolute Gasteiger partial charge is 0.275 e. The Morgan fingerprint density at radius 2 is 1.75 bits per heavy atom. The zero-order chi connectivity index (χ0) is 24.7. The predicted octanol–water partition coefficient (Wildman–Crippen LogP) is 5.80. The molecular weight excluding hydrogens is 468 g/mol. The van der Waals surface area contributed by atoms with Crippen molar-refractivity contribution in [3.63, 3.8) is 0 Å². The number of piperidine rings is 1.